The Morgan fingerprint density at radius 1 is 1.10 bits per heavy atom. The van der Waals surface area contributed by atoms with Crippen LogP contribution in [-0.4, -0.2) is 47.5 Å². The average molecular weight is 437 g/mol. The molecule has 0 bridgehead atoms. The van der Waals surface area contributed by atoms with E-state index in [0.29, 0.717) is 24.2 Å². The maximum absolute atomic E-state index is 12.9. The molecule has 2 aliphatic rings. The van der Waals surface area contributed by atoms with Gasteiger partial charge in [0.05, 0.1) is 18.8 Å². The number of piperidine rings is 1. The number of thioether (sulfide) groups is 1. The Kier molecular flexibility index (Phi) is 5.83. The van der Waals surface area contributed by atoms with E-state index in [1.807, 2.05) is 0 Å². The molecular weight excluding hydrogens is 415 g/mol. The number of hydrogen-bond acceptors (Lipinski definition) is 4. The minimum atomic E-state index is -4.33. The lowest BCUT2D eigenvalue weighted by molar-refractivity contribution is -0.184. The lowest BCUT2D eigenvalue weighted by atomic mass is 9.90. The van der Waals surface area contributed by atoms with Gasteiger partial charge in [-0.05, 0) is 54.8 Å². The molecule has 2 aromatic carbocycles. The van der Waals surface area contributed by atoms with Crippen molar-refractivity contribution in [1.29, 1.82) is 0 Å². The number of halogens is 3. The average Bonchev–Trinajstić information content (AvgIpc) is 2.72. The molecule has 160 valence electrons. The van der Waals surface area contributed by atoms with Gasteiger partial charge in [0.1, 0.15) is 5.60 Å². The zero-order chi connectivity index (χ0) is 21.4. The summed E-state index contributed by atoms with van der Waals surface area (Å²) in [6.07, 6.45) is -2.78. The van der Waals surface area contributed by atoms with E-state index in [0.717, 1.165) is 29.9 Å². The van der Waals surface area contributed by atoms with Crippen LogP contribution in [-0.2, 0) is 16.5 Å². The van der Waals surface area contributed by atoms with Crippen LogP contribution in [0.15, 0.2) is 53.4 Å². The quantitative estimate of drug-likeness (QED) is 0.774. The number of aliphatic hydroxyl groups is 1. The summed E-state index contributed by atoms with van der Waals surface area (Å²) in [6.45, 7) is 1.65. The van der Waals surface area contributed by atoms with Crippen molar-refractivity contribution in [1.82, 2.24) is 4.90 Å². The molecule has 2 fully saturated rings. The first-order chi connectivity index (χ1) is 14.2. The highest BCUT2D eigenvalue weighted by molar-refractivity contribution is 8.00. The number of carbonyl (C=O) groups excluding carboxylic acids is 1. The van der Waals surface area contributed by atoms with Gasteiger partial charge in [0, 0.05) is 28.8 Å². The number of benzene rings is 2. The van der Waals surface area contributed by atoms with Crippen molar-refractivity contribution in [3.63, 3.8) is 0 Å². The van der Waals surface area contributed by atoms with Crippen molar-refractivity contribution < 1.29 is 27.8 Å². The molecule has 4 nitrogen and oxygen atoms in total. The minimum absolute atomic E-state index is 0.0707. The van der Waals surface area contributed by atoms with Crippen molar-refractivity contribution in [3.8, 4) is 0 Å². The van der Waals surface area contributed by atoms with Gasteiger partial charge in [0.25, 0.3) is 5.91 Å². The van der Waals surface area contributed by atoms with E-state index in [-0.39, 0.29) is 24.4 Å². The molecule has 0 aliphatic carbocycles. The summed E-state index contributed by atoms with van der Waals surface area (Å²) in [5.41, 5.74) is -0.427. The van der Waals surface area contributed by atoms with Crippen LogP contribution >= 0.6 is 11.8 Å². The Balaban J connectivity index is 1.33. The van der Waals surface area contributed by atoms with Crippen LogP contribution in [0.5, 0.6) is 0 Å². The van der Waals surface area contributed by atoms with Gasteiger partial charge in [-0.25, -0.2) is 0 Å². The monoisotopic (exact) mass is 437 g/mol. The van der Waals surface area contributed by atoms with Crippen LogP contribution in [0.25, 0.3) is 0 Å². The maximum Gasteiger partial charge on any atom is 0.416 e. The summed E-state index contributed by atoms with van der Waals surface area (Å²) < 4.78 is 43.1. The summed E-state index contributed by atoms with van der Waals surface area (Å²) in [4.78, 5) is 15.5. The van der Waals surface area contributed by atoms with Crippen LogP contribution in [0.3, 0.4) is 0 Å². The van der Waals surface area contributed by atoms with Crippen LogP contribution in [0.1, 0.15) is 34.3 Å². The third-order valence-corrected chi connectivity index (χ3v) is 6.89. The van der Waals surface area contributed by atoms with Crippen LogP contribution in [0.4, 0.5) is 13.2 Å². The van der Waals surface area contributed by atoms with Gasteiger partial charge in [0.15, 0.2) is 0 Å². The summed E-state index contributed by atoms with van der Waals surface area (Å²) in [7, 11) is 0. The Hall–Kier alpha value is -2.03. The van der Waals surface area contributed by atoms with Gasteiger partial charge in [0.2, 0.25) is 0 Å². The summed E-state index contributed by atoms with van der Waals surface area (Å²) in [6, 6.07) is 12.3. The summed E-state index contributed by atoms with van der Waals surface area (Å²) in [5, 5.41) is 10.7. The SMILES string of the molecule is O=C(c1cccc(C2(O)COC2)c1)N1CCC(Sc2ccc(C(F)(F)F)cc2)CC1. The fourth-order valence-electron chi connectivity index (χ4n) is 3.68. The third-order valence-electron chi connectivity index (χ3n) is 5.54. The first kappa shape index (κ1) is 21.2. The molecule has 2 heterocycles. The van der Waals surface area contributed by atoms with Crippen LogP contribution < -0.4 is 0 Å². The van der Waals surface area contributed by atoms with E-state index >= 15 is 0 Å². The second-order valence-corrected chi connectivity index (χ2v) is 9.11. The molecule has 2 aromatic rings. The zero-order valence-corrected chi connectivity index (χ0v) is 17.0. The second-order valence-electron chi connectivity index (χ2n) is 7.74. The number of rotatable bonds is 4. The van der Waals surface area contributed by atoms with Crippen molar-refractivity contribution in [2.24, 2.45) is 0 Å². The lowest BCUT2D eigenvalue weighted by Gasteiger charge is -2.37. The summed E-state index contributed by atoms with van der Waals surface area (Å²) >= 11 is 1.56. The molecule has 4 rings (SSSR count). The normalized spacial score (nSPS) is 19.4. The fraction of sp³-hybridized carbons (Fsp3) is 0.409. The molecule has 0 unspecified atom stereocenters. The molecule has 1 N–H and O–H groups in total. The van der Waals surface area contributed by atoms with E-state index in [9.17, 15) is 23.1 Å². The van der Waals surface area contributed by atoms with Gasteiger partial charge in [-0.1, -0.05) is 12.1 Å². The predicted molar refractivity (Wildman–Crippen MR) is 107 cm³/mol. The number of amides is 1. The van der Waals surface area contributed by atoms with Crippen LogP contribution in [0, 0.1) is 0 Å². The molecule has 8 heteroatoms. The largest absolute Gasteiger partial charge is 0.416 e. The molecule has 2 aliphatic heterocycles. The number of carbonyl (C=O) groups is 1. The van der Waals surface area contributed by atoms with Gasteiger partial charge >= 0.3 is 6.18 Å². The number of alkyl halides is 3. The van der Waals surface area contributed by atoms with E-state index in [4.69, 9.17) is 4.74 Å². The van der Waals surface area contributed by atoms with E-state index < -0.39 is 17.3 Å². The van der Waals surface area contributed by atoms with Gasteiger partial charge in [-0.15, -0.1) is 11.8 Å². The van der Waals surface area contributed by atoms with Gasteiger partial charge in [-0.3, -0.25) is 4.79 Å². The van der Waals surface area contributed by atoms with E-state index in [2.05, 4.69) is 0 Å². The highest BCUT2D eigenvalue weighted by Gasteiger charge is 2.38. The second kappa shape index (κ2) is 8.24. The number of hydrogen-bond donors (Lipinski definition) is 1. The molecule has 0 spiro atoms. The number of ether oxygens (including phenoxy) is 1. The van der Waals surface area contributed by atoms with Gasteiger partial charge in [-0.2, -0.15) is 13.2 Å². The summed E-state index contributed by atoms with van der Waals surface area (Å²) in [5.74, 6) is -0.0707. The van der Waals surface area contributed by atoms with Crippen molar-refractivity contribution in [3.05, 3.63) is 65.2 Å². The van der Waals surface area contributed by atoms with Gasteiger partial charge < -0.3 is 14.7 Å². The number of nitrogens with zero attached hydrogens (tertiary/aromatic N) is 1. The highest BCUT2D eigenvalue weighted by Crippen LogP contribution is 2.35. The maximum atomic E-state index is 12.9. The topological polar surface area (TPSA) is 49.8 Å². The minimum Gasteiger partial charge on any atom is -0.380 e. The zero-order valence-electron chi connectivity index (χ0n) is 16.2. The molecule has 0 radical (unpaired) electrons. The Bertz CT molecular complexity index is 905. The third kappa shape index (κ3) is 4.50. The highest BCUT2D eigenvalue weighted by atomic mass is 32.2. The van der Waals surface area contributed by atoms with Crippen LogP contribution in [0.2, 0.25) is 0 Å². The lowest BCUT2D eigenvalue weighted by Crippen LogP contribution is -2.46. The molecular formula is C22H22F3NO3S. The Labute approximate surface area is 177 Å². The molecule has 0 saturated carbocycles. The molecule has 1 amide bonds. The number of likely N-dealkylation sites (tertiary alicyclic amines) is 1. The molecule has 0 atom stereocenters. The van der Waals surface area contributed by atoms with E-state index in [1.54, 1.807) is 40.9 Å². The molecule has 0 aromatic heterocycles. The predicted octanol–water partition coefficient (Wildman–Crippen LogP) is 4.32. The van der Waals surface area contributed by atoms with Crippen molar-refractivity contribution in [2.45, 2.75) is 34.8 Å². The van der Waals surface area contributed by atoms with Crippen molar-refractivity contribution in [2.75, 3.05) is 26.3 Å². The fourth-order valence-corrected chi connectivity index (χ4v) is 4.80. The standard InChI is InChI=1S/C22H22F3NO3S/c23-22(24,25)16-4-6-18(7-5-16)30-19-8-10-26(11-9-19)20(27)15-2-1-3-17(12-15)21(28)13-29-14-21/h1-7,12,19,28H,8-11,13-14H2. The Morgan fingerprint density at radius 2 is 1.77 bits per heavy atom. The van der Waals surface area contributed by atoms with Crippen molar-refractivity contribution >= 4 is 17.7 Å². The molecule has 30 heavy (non-hydrogen) atoms. The smallest absolute Gasteiger partial charge is 0.380 e. The first-order valence-corrected chi connectivity index (χ1v) is 10.7. The first-order valence-electron chi connectivity index (χ1n) is 9.78. The van der Waals surface area contributed by atoms with E-state index in [1.165, 1.54) is 12.1 Å². The molecule has 2 saturated heterocycles. The Morgan fingerprint density at radius 3 is 2.33 bits per heavy atom.